The van der Waals surface area contributed by atoms with E-state index in [9.17, 15) is 8.78 Å². The second-order valence-electron chi connectivity index (χ2n) is 5.73. The van der Waals surface area contributed by atoms with Gasteiger partial charge in [-0.2, -0.15) is 0 Å². The fourth-order valence-electron chi connectivity index (χ4n) is 2.62. The van der Waals surface area contributed by atoms with Crippen molar-refractivity contribution in [1.29, 1.82) is 0 Å². The SMILES string of the molecule is OC[C@H]1CN=C(Nc2cc(F)c(Oc3ccnc4[nH]cc(Cl)c34)c(F)c2)O1. The molecule has 0 amide bonds. The number of aliphatic imine (C=N–C) groups is 1. The Labute approximate surface area is 156 Å². The molecule has 10 heteroatoms. The summed E-state index contributed by atoms with van der Waals surface area (Å²) in [7, 11) is 0. The van der Waals surface area contributed by atoms with Crippen molar-refractivity contribution in [1.82, 2.24) is 9.97 Å². The van der Waals surface area contributed by atoms with E-state index >= 15 is 0 Å². The summed E-state index contributed by atoms with van der Waals surface area (Å²) in [6.07, 6.45) is 2.47. The molecular weight excluding hydrogens is 382 g/mol. The molecule has 0 bridgehead atoms. The molecule has 0 saturated carbocycles. The summed E-state index contributed by atoms with van der Waals surface area (Å²) in [5.74, 6) is -2.26. The van der Waals surface area contributed by atoms with Gasteiger partial charge in [0.1, 0.15) is 17.5 Å². The third kappa shape index (κ3) is 3.38. The number of nitrogens with one attached hydrogen (secondary N) is 2. The number of aromatic amines is 1. The normalized spacial score (nSPS) is 16.3. The number of amidine groups is 1. The molecule has 0 radical (unpaired) electrons. The predicted molar refractivity (Wildman–Crippen MR) is 95.4 cm³/mol. The zero-order valence-corrected chi connectivity index (χ0v) is 14.4. The van der Waals surface area contributed by atoms with E-state index in [1.165, 1.54) is 18.5 Å². The standard InChI is InChI=1S/C17H13ClF2N4O3/c18-10-6-22-16-14(10)13(1-2-21-16)27-15-11(19)3-8(4-12(15)20)24-17-23-5-9(7-25)26-17/h1-4,6,9,25H,5,7H2,(H,21,22)(H,23,24)/t9-/m1/s1. The first-order chi connectivity index (χ1) is 13.0. The number of benzene rings is 1. The highest BCUT2D eigenvalue weighted by Gasteiger charge is 2.21. The molecule has 1 atom stereocenters. The number of H-pyrrole nitrogens is 1. The van der Waals surface area contributed by atoms with Gasteiger partial charge in [0.05, 0.1) is 23.6 Å². The number of hydrogen-bond acceptors (Lipinski definition) is 6. The summed E-state index contributed by atoms with van der Waals surface area (Å²) in [6, 6.07) is 3.64. The van der Waals surface area contributed by atoms with Crippen molar-refractivity contribution >= 4 is 34.3 Å². The number of halogens is 3. The van der Waals surface area contributed by atoms with Crippen LogP contribution >= 0.6 is 11.6 Å². The maximum Gasteiger partial charge on any atom is 0.289 e. The van der Waals surface area contributed by atoms with Gasteiger partial charge in [-0.15, -0.1) is 0 Å². The molecule has 0 fully saturated rings. The molecule has 3 heterocycles. The first kappa shape index (κ1) is 17.5. The van der Waals surface area contributed by atoms with Gasteiger partial charge in [0, 0.05) is 30.2 Å². The Morgan fingerprint density at radius 1 is 1.37 bits per heavy atom. The monoisotopic (exact) mass is 394 g/mol. The van der Waals surface area contributed by atoms with Crippen LogP contribution in [0.4, 0.5) is 14.5 Å². The van der Waals surface area contributed by atoms with E-state index < -0.39 is 23.5 Å². The van der Waals surface area contributed by atoms with Gasteiger partial charge in [-0.3, -0.25) is 0 Å². The lowest BCUT2D eigenvalue weighted by Gasteiger charge is -2.12. The van der Waals surface area contributed by atoms with Crippen LogP contribution in [0.2, 0.25) is 5.02 Å². The van der Waals surface area contributed by atoms with Crippen molar-refractivity contribution in [2.45, 2.75) is 6.10 Å². The zero-order valence-electron chi connectivity index (χ0n) is 13.7. The van der Waals surface area contributed by atoms with Crippen LogP contribution in [-0.2, 0) is 4.74 Å². The number of nitrogens with zero attached hydrogens (tertiary/aromatic N) is 2. The number of pyridine rings is 1. The van der Waals surface area contributed by atoms with Crippen molar-refractivity contribution in [3.63, 3.8) is 0 Å². The van der Waals surface area contributed by atoms with Crippen LogP contribution in [0.3, 0.4) is 0 Å². The first-order valence-corrected chi connectivity index (χ1v) is 8.30. The van der Waals surface area contributed by atoms with Crippen molar-refractivity contribution in [2.24, 2.45) is 4.99 Å². The molecule has 4 rings (SSSR count). The number of fused-ring (bicyclic) bond motifs is 1. The summed E-state index contributed by atoms with van der Waals surface area (Å²) >= 11 is 6.07. The van der Waals surface area contributed by atoms with Crippen LogP contribution in [0, 0.1) is 11.6 Å². The summed E-state index contributed by atoms with van der Waals surface area (Å²) in [4.78, 5) is 10.9. The Morgan fingerprint density at radius 2 is 2.15 bits per heavy atom. The van der Waals surface area contributed by atoms with Gasteiger partial charge in [0.15, 0.2) is 17.4 Å². The second-order valence-corrected chi connectivity index (χ2v) is 6.14. The molecular formula is C17H13ClF2N4O3. The minimum atomic E-state index is -0.925. The second kappa shape index (κ2) is 7.01. The molecule has 1 aliphatic rings. The van der Waals surface area contributed by atoms with Crippen LogP contribution < -0.4 is 10.1 Å². The number of ether oxygens (including phenoxy) is 2. The molecule has 1 aromatic carbocycles. The Kier molecular flexibility index (Phi) is 4.54. The fourth-order valence-corrected chi connectivity index (χ4v) is 2.85. The predicted octanol–water partition coefficient (Wildman–Crippen LogP) is 3.45. The molecule has 140 valence electrons. The highest BCUT2D eigenvalue weighted by molar-refractivity contribution is 6.36. The lowest BCUT2D eigenvalue weighted by atomic mass is 10.2. The van der Waals surface area contributed by atoms with Gasteiger partial charge < -0.3 is 24.9 Å². The number of aromatic nitrogens is 2. The molecule has 0 unspecified atom stereocenters. The van der Waals surface area contributed by atoms with Crippen LogP contribution in [0.1, 0.15) is 0 Å². The third-order valence-corrected chi connectivity index (χ3v) is 4.17. The van der Waals surface area contributed by atoms with Gasteiger partial charge >= 0.3 is 0 Å². The van der Waals surface area contributed by atoms with E-state index in [0.717, 1.165) is 12.1 Å². The van der Waals surface area contributed by atoms with Crippen LogP contribution in [0.15, 0.2) is 35.6 Å². The lowest BCUT2D eigenvalue weighted by molar-refractivity contribution is 0.129. The summed E-state index contributed by atoms with van der Waals surface area (Å²) in [6.45, 7) is 0.0623. The number of hydrogen-bond donors (Lipinski definition) is 3. The minimum Gasteiger partial charge on any atom is -0.457 e. The van der Waals surface area contributed by atoms with E-state index in [-0.39, 0.29) is 30.6 Å². The quantitative estimate of drug-likeness (QED) is 0.630. The fraction of sp³-hybridized carbons (Fsp3) is 0.176. The zero-order chi connectivity index (χ0) is 19.0. The molecule has 3 aromatic rings. The Balaban J connectivity index is 1.60. The highest BCUT2D eigenvalue weighted by Crippen LogP contribution is 2.36. The van der Waals surface area contributed by atoms with E-state index in [1.807, 2.05) is 0 Å². The van der Waals surface area contributed by atoms with E-state index in [0.29, 0.717) is 16.1 Å². The molecule has 2 aromatic heterocycles. The van der Waals surface area contributed by atoms with Gasteiger partial charge in [-0.05, 0) is 6.07 Å². The van der Waals surface area contributed by atoms with Crippen molar-refractivity contribution in [2.75, 3.05) is 18.5 Å². The number of aliphatic hydroxyl groups excluding tert-OH is 1. The molecule has 7 nitrogen and oxygen atoms in total. The number of anilines is 1. The van der Waals surface area contributed by atoms with Crippen molar-refractivity contribution in [3.8, 4) is 11.5 Å². The highest BCUT2D eigenvalue weighted by atomic mass is 35.5. The van der Waals surface area contributed by atoms with E-state index in [2.05, 4.69) is 20.3 Å². The maximum atomic E-state index is 14.5. The number of aliphatic hydroxyl groups is 1. The molecule has 3 N–H and O–H groups in total. The maximum absolute atomic E-state index is 14.5. The van der Waals surface area contributed by atoms with Gasteiger partial charge in [0.2, 0.25) is 0 Å². The molecule has 0 aliphatic carbocycles. The smallest absolute Gasteiger partial charge is 0.289 e. The molecule has 0 saturated heterocycles. The minimum absolute atomic E-state index is 0.0801. The average Bonchev–Trinajstić information content (AvgIpc) is 3.25. The van der Waals surface area contributed by atoms with Crippen molar-refractivity contribution in [3.05, 3.63) is 47.2 Å². The average molecular weight is 395 g/mol. The lowest BCUT2D eigenvalue weighted by Crippen LogP contribution is -2.21. The van der Waals surface area contributed by atoms with E-state index in [4.69, 9.17) is 26.2 Å². The summed E-state index contributed by atoms with van der Waals surface area (Å²) in [5, 5.41) is 12.4. The topological polar surface area (TPSA) is 91.8 Å². The van der Waals surface area contributed by atoms with E-state index in [1.54, 1.807) is 0 Å². The van der Waals surface area contributed by atoms with Crippen LogP contribution in [0.25, 0.3) is 11.0 Å². The summed E-state index contributed by atoms with van der Waals surface area (Å²) in [5.41, 5.74) is 0.528. The largest absolute Gasteiger partial charge is 0.457 e. The van der Waals surface area contributed by atoms with Crippen molar-refractivity contribution < 1.29 is 23.4 Å². The van der Waals surface area contributed by atoms with Crippen LogP contribution in [0.5, 0.6) is 11.5 Å². The molecule has 1 aliphatic heterocycles. The first-order valence-electron chi connectivity index (χ1n) is 7.92. The van der Waals surface area contributed by atoms with Gasteiger partial charge in [-0.1, -0.05) is 11.6 Å². The van der Waals surface area contributed by atoms with Crippen LogP contribution in [-0.4, -0.2) is 40.4 Å². The summed E-state index contributed by atoms with van der Waals surface area (Å²) < 4.78 is 39.6. The third-order valence-electron chi connectivity index (χ3n) is 3.87. The number of rotatable bonds is 4. The molecule has 0 spiro atoms. The Bertz CT molecular complexity index is 1020. The van der Waals surface area contributed by atoms with Gasteiger partial charge in [-0.25, -0.2) is 18.8 Å². The molecule has 27 heavy (non-hydrogen) atoms. The Hall–Kier alpha value is -2.91. The Morgan fingerprint density at radius 3 is 2.85 bits per heavy atom. The van der Waals surface area contributed by atoms with Gasteiger partial charge in [0.25, 0.3) is 6.02 Å².